The van der Waals surface area contributed by atoms with Crippen LogP contribution in [-0.4, -0.2) is 76.6 Å². The molecule has 2 bridgehead atoms. The lowest BCUT2D eigenvalue weighted by Gasteiger charge is -2.37. The van der Waals surface area contributed by atoms with Crippen LogP contribution in [0.15, 0.2) is 73.8 Å². The molecule has 2 aromatic carbocycles. The Hall–Kier alpha value is -3.27. The Labute approximate surface area is 268 Å². The average Bonchev–Trinajstić information content (AvgIpc) is 3.67. The van der Waals surface area contributed by atoms with Gasteiger partial charge in [-0.1, -0.05) is 23.8 Å². The number of hydrogen-bond acceptors (Lipinski definition) is 6. The molecule has 8 nitrogen and oxygen atoms in total. The number of thioether (sulfide) groups is 1. The van der Waals surface area contributed by atoms with E-state index in [0.29, 0.717) is 61.1 Å². The number of anilines is 2. The maximum absolute atomic E-state index is 14.6. The fourth-order valence-electron chi connectivity index (χ4n) is 7.09. The van der Waals surface area contributed by atoms with E-state index in [9.17, 15) is 19.5 Å². The van der Waals surface area contributed by atoms with Crippen LogP contribution in [0.5, 0.6) is 5.75 Å². The number of aliphatic hydroxyl groups is 1. The van der Waals surface area contributed by atoms with E-state index in [-0.39, 0.29) is 36.1 Å². The summed E-state index contributed by atoms with van der Waals surface area (Å²) in [7, 11) is 0. The molecule has 234 valence electrons. The highest BCUT2D eigenvalue weighted by atomic mass is 35.5. The number of amides is 3. The Morgan fingerprint density at radius 1 is 1.05 bits per heavy atom. The summed E-state index contributed by atoms with van der Waals surface area (Å²) in [5.74, 6) is -0.971. The number of aliphatic hydroxyl groups excluding tert-OH is 1. The van der Waals surface area contributed by atoms with Gasteiger partial charge in [0.1, 0.15) is 11.8 Å². The van der Waals surface area contributed by atoms with E-state index in [1.165, 1.54) is 0 Å². The summed E-state index contributed by atoms with van der Waals surface area (Å²) in [4.78, 5) is 48.6. The molecule has 0 aliphatic carbocycles. The van der Waals surface area contributed by atoms with Crippen molar-refractivity contribution in [3.05, 3.63) is 78.9 Å². The monoisotopic (exact) mass is 637 g/mol. The van der Waals surface area contributed by atoms with Crippen molar-refractivity contribution in [2.75, 3.05) is 42.6 Å². The molecule has 44 heavy (non-hydrogen) atoms. The zero-order valence-corrected chi connectivity index (χ0v) is 26.6. The summed E-state index contributed by atoms with van der Waals surface area (Å²) in [5.41, 5.74) is 1.37. The van der Waals surface area contributed by atoms with Crippen molar-refractivity contribution in [3.8, 4) is 5.75 Å². The molecule has 3 saturated heterocycles. The van der Waals surface area contributed by atoms with Crippen molar-refractivity contribution in [1.82, 2.24) is 4.90 Å². The van der Waals surface area contributed by atoms with Crippen molar-refractivity contribution in [3.63, 3.8) is 0 Å². The quantitative estimate of drug-likeness (QED) is 0.222. The second kappa shape index (κ2) is 13.8. The van der Waals surface area contributed by atoms with Gasteiger partial charge in [-0.3, -0.25) is 14.4 Å². The number of unbranched alkanes of at least 4 members (excludes halogenated alkanes) is 1. The molecule has 0 saturated carbocycles. The van der Waals surface area contributed by atoms with Gasteiger partial charge in [0.15, 0.2) is 0 Å². The fourth-order valence-corrected chi connectivity index (χ4v) is 9.42. The summed E-state index contributed by atoms with van der Waals surface area (Å²) >= 11 is 7.79. The second-order valence-electron chi connectivity index (χ2n) is 11.4. The normalized spacial score (nSPS) is 25.1. The number of hydrogen-bond donors (Lipinski definition) is 1. The topological polar surface area (TPSA) is 90.4 Å². The largest absolute Gasteiger partial charge is 0.494 e. The number of carbonyl (C=O) groups is 3. The Morgan fingerprint density at radius 2 is 1.66 bits per heavy atom. The smallest absolute Gasteiger partial charge is 0.251 e. The number of ether oxygens (including phenoxy) is 1. The van der Waals surface area contributed by atoms with Crippen LogP contribution in [-0.2, 0) is 14.4 Å². The van der Waals surface area contributed by atoms with Crippen molar-refractivity contribution in [2.45, 2.75) is 48.6 Å². The summed E-state index contributed by atoms with van der Waals surface area (Å²) in [6.07, 6.45) is 5.84. The number of fused-ring (bicyclic) bond motifs is 1. The van der Waals surface area contributed by atoms with Gasteiger partial charge in [0.2, 0.25) is 11.8 Å². The molecular formula is C34H40ClN3O5S. The molecule has 3 aliphatic heterocycles. The highest BCUT2D eigenvalue weighted by Gasteiger charge is 2.74. The third-order valence-corrected chi connectivity index (χ3v) is 11.1. The van der Waals surface area contributed by atoms with E-state index >= 15 is 0 Å². The number of rotatable bonds is 14. The minimum atomic E-state index is -0.750. The van der Waals surface area contributed by atoms with Gasteiger partial charge in [-0.05, 0) is 81.1 Å². The Kier molecular flexibility index (Phi) is 10.1. The molecule has 10 heteroatoms. The molecule has 2 aromatic rings. The SMILES string of the molecule is C=CCN(C(=O)C1N(CCCCO)C(=O)[C@@H]2[C@H](C(=O)N(CC=C)c3ccc(OCC)cc3)[C@@H]3CCC12S3)c1ccc(Cl)cc1. The van der Waals surface area contributed by atoms with E-state index in [1.54, 1.807) is 62.9 Å². The minimum Gasteiger partial charge on any atom is -0.494 e. The van der Waals surface area contributed by atoms with Gasteiger partial charge < -0.3 is 24.5 Å². The molecule has 1 spiro atoms. The van der Waals surface area contributed by atoms with Crippen LogP contribution in [0, 0.1) is 11.8 Å². The first-order chi connectivity index (χ1) is 21.3. The molecule has 2 unspecified atom stereocenters. The van der Waals surface area contributed by atoms with Crippen LogP contribution >= 0.6 is 23.4 Å². The zero-order valence-electron chi connectivity index (χ0n) is 25.1. The van der Waals surface area contributed by atoms with Gasteiger partial charge in [-0.15, -0.1) is 24.9 Å². The van der Waals surface area contributed by atoms with E-state index in [0.717, 1.165) is 6.42 Å². The van der Waals surface area contributed by atoms with Crippen molar-refractivity contribution in [2.24, 2.45) is 11.8 Å². The molecular weight excluding hydrogens is 598 g/mol. The lowest BCUT2D eigenvalue weighted by atomic mass is 9.70. The van der Waals surface area contributed by atoms with Crippen LogP contribution < -0.4 is 14.5 Å². The van der Waals surface area contributed by atoms with Crippen LogP contribution in [0.2, 0.25) is 5.02 Å². The highest BCUT2D eigenvalue weighted by Crippen LogP contribution is 2.67. The zero-order chi connectivity index (χ0) is 31.4. The van der Waals surface area contributed by atoms with Gasteiger partial charge in [0, 0.05) is 47.9 Å². The number of benzene rings is 2. The lowest BCUT2D eigenvalue weighted by molar-refractivity contribution is -0.139. The van der Waals surface area contributed by atoms with E-state index in [2.05, 4.69) is 13.2 Å². The Balaban J connectivity index is 1.52. The van der Waals surface area contributed by atoms with E-state index < -0.39 is 22.6 Å². The first-order valence-electron chi connectivity index (χ1n) is 15.2. The number of nitrogens with zero attached hydrogens (tertiary/aromatic N) is 3. The first kappa shape index (κ1) is 32.1. The molecule has 3 fully saturated rings. The maximum atomic E-state index is 14.6. The molecule has 5 rings (SSSR count). The first-order valence-corrected chi connectivity index (χ1v) is 16.5. The lowest BCUT2D eigenvalue weighted by Crippen LogP contribution is -2.55. The summed E-state index contributed by atoms with van der Waals surface area (Å²) in [6.45, 7) is 11.1. The van der Waals surface area contributed by atoms with Crippen molar-refractivity contribution in [1.29, 1.82) is 0 Å². The van der Waals surface area contributed by atoms with Crippen LogP contribution in [0.4, 0.5) is 11.4 Å². The van der Waals surface area contributed by atoms with E-state index in [1.807, 2.05) is 31.2 Å². The van der Waals surface area contributed by atoms with Gasteiger partial charge in [0.25, 0.3) is 5.91 Å². The van der Waals surface area contributed by atoms with Crippen molar-refractivity contribution < 1.29 is 24.2 Å². The standard InChI is InChI=1S/C34H40ClN3O5S/c1-4-19-36(25-13-15-26(16-14-25)43-6-3)31(40)28-27-17-18-34(44-27)29(28)32(41)38(21-7-8-22-39)30(34)33(42)37(20-5-2)24-11-9-23(35)10-12-24/h4-5,9-16,27-30,39H,1-2,6-8,17-22H2,3H3/t27-,28+,29-,30?,34?/m0/s1. The predicted molar refractivity (Wildman–Crippen MR) is 176 cm³/mol. The minimum absolute atomic E-state index is 0.000880. The Morgan fingerprint density at radius 3 is 2.25 bits per heavy atom. The van der Waals surface area contributed by atoms with Crippen molar-refractivity contribution >= 4 is 52.5 Å². The second-order valence-corrected chi connectivity index (χ2v) is 13.4. The maximum Gasteiger partial charge on any atom is 0.251 e. The predicted octanol–water partition coefficient (Wildman–Crippen LogP) is 5.34. The molecule has 0 aromatic heterocycles. The number of halogens is 1. The highest BCUT2D eigenvalue weighted by molar-refractivity contribution is 8.02. The van der Waals surface area contributed by atoms with Crippen LogP contribution in [0.25, 0.3) is 0 Å². The van der Waals surface area contributed by atoms with Gasteiger partial charge >= 0.3 is 0 Å². The third kappa shape index (κ3) is 5.77. The molecule has 3 amide bonds. The van der Waals surface area contributed by atoms with Crippen LogP contribution in [0.1, 0.15) is 32.6 Å². The number of likely N-dealkylation sites (tertiary alicyclic amines) is 1. The van der Waals surface area contributed by atoms with Gasteiger partial charge in [0.05, 0.1) is 23.2 Å². The Bertz CT molecular complexity index is 1390. The third-order valence-electron chi connectivity index (χ3n) is 8.88. The summed E-state index contributed by atoms with van der Waals surface area (Å²) in [5, 5.41) is 9.97. The van der Waals surface area contributed by atoms with Crippen LogP contribution in [0.3, 0.4) is 0 Å². The van der Waals surface area contributed by atoms with E-state index in [4.69, 9.17) is 16.3 Å². The summed E-state index contributed by atoms with van der Waals surface area (Å²) < 4.78 is 4.86. The molecule has 3 aliphatic rings. The average molecular weight is 638 g/mol. The molecule has 0 radical (unpaired) electrons. The molecule has 5 atom stereocenters. The number of carbonyl (C=O) groups excluding carboxylic acids is 3. The summed E-state index contributed by atoms with van der Waals surface area (Å²) in [6, 6.07) is 13.7. The molecule has 1 N–H and O–H groups in total. The molecule has 3 heterocycles. The van der Waals surface area contributed by atoms with Gasteiger partial charge in [-0.25, -0.2) is 0 Å². The fraction of sp³-hybridized carbons (Fsp3) is 0.441. The van der Waals surface area contributed by atoms with Gasteiger partial charge in [-0.2, -0.15) is 0 Å².